The van der Waals surface area contributed by atoms with Gasteiger partial charge in [-0.1, -0.05) is 0 Å². The number of esters is 1. The first kappa shape index (κ1) is 14.9. The number of nitrogens with zero attached hydrogens (tertiary/aromatic N) is 2. The molecule has 6 heteroatoms. The third-order valence-electron chi connectivity index (χ3n) is 3.06. The normalized spacial score (nSPS) is 10.4. The zero-order valence-electron chi connectivity index (χ0n) is 12.2. The van der Waals surface area contributed by atoms with Gasteiger partial charge in [0, 0.05) is 25.4 Å². The Labute approximate surface area is 123 Å². The van der Waals surface area contributed by atoms with Gasteiger partial charge in [-0.2, -0.15) is 5.10 Å². The molecule has 0 radical (unpaired) electrons. The number of ether oxygens (including phenoxy) is 2. The Morgan fingerprint density at radius 2 is 2.19 bits per heavy atom. The predicted octanol–water partition coefficient (Wildman–Crippen LogP) is 1.80. The third kappa shape index (κ3) is 3.75. The summed E-state index contributed by atoms with van der Waals surface area (Å²) in [5.74, 6) is 0.177. The SMILES string of the molecule is CCOc1ccc(C(=O)OCCc2ccnn2C)cc1N. The van der Waals surface area contributed by atoms with E-state index >= 15 is 0 Å². The van der Waals surface area contributed by atoms with E-state index in [4.69, 9.17) is 15.2 Å². The topological polar surface area (TPSA) is 79.4 Å². The van der Waals surface area contributed by atoms with E-state index in [1.165, 1.54) is 0 Å². The van der Waals surface area contributed by atoms with E-state index in [1.807, 2.05) is 20.0 Å². The standard InChI is InChI=1S/C15H19N3O3/c1-3-20-14-5-4-11(10-13(14)16)15(19)21-9-7-12-6-8-17-18(12)2/h4-6,8,10H,3,7,9,16H2,1-2H3. The van der Waals surface area contributed by atoms with Crippen LogP contribution in [0.25, 0.3) is 0 Å². The lowest BCUT2D eigenvalue weighted by atomic mass is 10.2. The quantitative estimate of drug-likeness (QED) is 0.648. The average Bonchev–Trinajstić information content (AvgIpc) is 2.87. The summed E-state index contributed by atoms with van der Waals surface area (Å²) in [7, 11) is 1.85. The summed E-state index contributed by atoms with van der Waals surface area (Å²) in [6, 6.07) is 6.78. The molecular formula is C15H19N3O3. The number of nitrogen functional groups attached to an aromatic ring is 1. The minimum absolute atomic E-state index is 0.297. The minimum atomic E-state index is -0.396. The molecule has 0 aliphatic heterocycles. The first-order chi connectivity index (χ1) is 10.1. The molecule has 2 aromatic rings. The summed E-state index contributed by atoms with van der Waals surface area (Å²) in [4.78, 5) is 11.9. The van der Waals surface area contributed by atoms with E-state index in [9.17, 15) is 4.79 Å². The lowest BCUT2D eigenvalue weighted by Crippen LogP contribution is -2.10. The summed E-state index contributed by atoms with van der Waals surface area (Å²) < 4.78 is 12.3. The molecule has 0 aliphatic carbocycles. The molecule has 0 atom stereocenters. The van der Waals surface area contributed by atoms with Gasteiger partial charge in [0.25, 0.3) is 0 Å². The number of nitrogens with two attached hydrogens (primary N) is 1. The first-order valence-corrected chi connectivity index (χ1v) is 6.78. The molecule has 0 amide bonds. The fourth-order valence-electron chi connectivity index (χ4n) is 1.94. The Kier molecular flexibility index (Phi) is 4.81. The molecule has 0 aliphatic rings. The van der Waals surface area contributed by atoms with Crippen molar-refractivity contribution in [3.63, 3.8) is 0 Å². The lowest BCUT2D eigenvalue weighted by Gasteiger charge is -2.09. The Balaban J connectivity index is 1.91. The van der Waals surface area contributed by atoms with E-state index in [0.29, 0.717) is 36.6 Å². The van der Waals surface area contributed by atoms with Crippen molar-refractivity contribution in [3.8, 4) is 5.75 Å². The molecule has 2 N–H and O–H groups in total. The van der Waals surface area contributed by atoms with Crippen molar-refractivity contribution in [1.82, 2.24) is 9.78 Å². The highest BCUT2D eigenvalue weighted by Gasteiger charge is 2.10. The van der Waals surface area contributed by atoms with Gasteiger partial charge in [-0.25, -0.2) is 4.79 Å². The lowest BCUT2D eigenvalue weighted by molar-refractivity contribution is 0.0507. The second-order valence-corrected chi connectivity index (χ2v) is 4.52. The van der Waals surface area contributed by atoms with Gasteiger partial charge in [-0.05, 0) is 31.2 Å². The highest BCUT2D eigenvalue weighted by atomic mass is 16.5. The van der Waals surface area contributed by atoms with E-state index < -0.39 is 5.97 Å². The van der Waals surface area contributed by atoms with Crippen molar-refractivity contribution in [2.24, 2.45) is 7.05 Å². The summed E-state index contributed by atoms with van der Waals surface area (Å²) in [5, 5.41) is 4.06. The van der Waals surface area contributed by atoms with Crippen LogP contribution in [0.5, 0.6) is 5.75 Å². The molecule has 0 fully saturated rings. The molecule has 0 spiro atoms. The number of aromatic nitrogens is 2. The summed E-state index contributed by atoms with van der Waals surface area (Å²) in [5.41, 5.74) is 7.68. The monoisotopic (exact) mass is 289 g/mol. The summed E-state index contributed by atoms with van der Waals surface area (Å²) in [6.07, 6.45) is 2.33. The van der Waals surface area contributed by atoms with Crippen LogP contribution < -0.4 is 10.5 Å². The van der Waals surface area contributed by atoms with Gasteiger partial charge in [0.05, 0.1) is 24.5 Å². The van der Waals surface area contributed by atoms with Crippen LogP contribution in [0.15, 0.2) is 30.5 Å². The molecule has 0 saturated heterocycles. The molecule has 0 unspecified atom stereocenters. The van der Waals surface area contributed by atoms with Gasteiger partial charge in [-0.15, -0.1) is 0 Å². The fraction of sp³-hybridized carbons (Fsp3) is 0.333. The molecule has 1 aromatic carbocycles. The maximum Gasteiger partial charge on any atom is 0.338 e. The summed E-state index contributed by atoms with van der Waals surface area (Å²) in [6.45, 7) is 2.70. The van der Waals surface area contributed by atoms with E-state index in [2.05, 4.69) is 5.10 Å². The minimum Gasteiger partial charge on any atom is -0.492 e. The molecule has 112 valence electrons. The van der Waals surface area contributed by atoms with Crippen LogP contribution in [0.2, 0.25) is 0 Å². The number of hydrogen-bond donors (Lipinski definition) is 1. The zero-order valence-corrected chi connectivity index (χ0v) is 12.2. The van der Waals surface area contributed by atoms with Crippen molar-refractivity contribution in [1.29, 1.82) is 0 Å². The predicted molar refractivity (Wildman–Crippen MR) is 79.2 cm³/mol. The first-order valence-electron chi connectivity index (χ1n) is 6.78. The van der Waals surface area contributed by atoms with Gasteiger partial charge in [0.1, 0.15) is 5.75 Å². The number of rotatable bonds is 6. The molecule has 21 heavy (non-hydrogen) atoms. The Morgan fingerprint density at radius 1 is 1.38 bits per heavy atom. The maximum absolute atomic E-state index is 11.9. The van der Waals surface area contributed by atoms with Crippen LogP contribution in [-0.2, 0) is 18.2 Å². The number of carbonyl (C=O) groups excluding carboxylic acids is 1. The molecule has 6 nitrogen and oxygen atoms in total. The third-order valence-corrected chi connectivity index (χ3v) is 3.06. The summed E-state index contributed by atoms with van der Waals surface area (Å²) >= 11 is 0. The number of benzene rings is 1. The maximum atomic E-state index is 11.9. The molecule has 2 rings (SSSR count). The Hall–Kier alpha value is -2.50. The number of anilines is 1. The van der Waals surface area contributed by atoms with E-state index in [1.54, 1.807) is 29.1 Å². The highest BCUT2D eigenvalue weighted by molar-refractivity contribution is 5.91. The highest BCUT2D eigenvalue weighted by Crippen LogP contribution is 2.22. The molecule has 0 saturated carbocycles. The molecule has 0 bridgehead atoms. The van der Waals surface area contributed by atoms with Crippen molar-refractivity contribution in [2.45, 2.75) is 13.3 Å². The fourth-order valence-corrected chi connectivity index (χ4v) is 1.94. The van der Waals surface area contributed by atoms with E-state index in [-0.39, 0.29) is 0 Å². The van der Waals surface area contributed by atoms with Crippen molar-refractivity contribution >= 4 is 11.7 Å². The Bertz CT molecular complexity index is 622. The molecule has 1 aromatic heterocycles. The number of aryl methyl sites for hydroxylation is 1. The van der Waals surface area contributed by atoms with Crippen LogP contribution >= 0.6 is 0 Å². The van der Waals surface area contributed by atoms with Crippen LogP contribution in [0.3, 0.4) is 0 Å². The van der Waals surface area contributed by atoms with Gasteiger partial charge in [0.15, 0.2) is 0 Å². The smallest absolute Gasteiger partial charge is 0.338 e. The van der Waals surface area contributed by atoms with Crippen LogP contribution in [0, 0.1) is 0 Å². The van der Waals surface area contributed by atoms with Crippen molar-refractivity contribution in [3.05, 3.63) is 41.7 Å². The van der Waals surface area contributed by atoms with Crippen LogP contribution in [0.1, 0.15) is 23.0 Å². The van der Waals surface area contributed by atoms with Crippen LogP contribution in [0.4, 0.5) is 5.69 Å². The van der Waals surface area contributed by atoms with Gasteiger partial charge < -0.3 is 15.2 Å². The van der Waals surface area contributed by atoms with Crippen LogP contribution in [-0.4, -0.2) is 29.0 Å². The van der Waals surface area contributed by atoms with Gasteiger partial charge in [-0.3, -0.25) is 4.68 Å². The molecule has 1 heterocycles. The second-order valence-electron chi connectivity index (χ2n) is 4.52. The zero-order chi connectivity index (χ0) is 15.2. The second kappa shape index (κ2) is 6.78. The van der Waals surface area contributed by atoms with Crippen molar-refractivity contribution < 1.29 is 14.3 Å². The molecular weight excluding hydrogens is 270 g/mol. The average molecular weight is 289 g/mol. The van der Waals surface area contributed by atoms with Gasteiger partial charge in [0.2, 0.25) is 0 Å². The number of carbonyl (C=O) groups is 1. The Morgan fingerprint density at radius 3 is 2.81 bits per heavy atom. The van der Waals surface area contributed by atoms with Crippen molar-refractivity contribution in [2.75, 3.05) is 18.9 Å². The largest absolute Gasteiger partial charge is 0.492 e. The van der Waals surface area contributed by atoms with Gasteiger partial charge >= 0.3 is 5.97 Å². The van der Waals surface area contributed by atoms with E-state index in [0.717, 1.165) is 5.69 Å². The number of hydrogen-bond acceptors (Lipinski definition) is 5.